The van der Waals surface area contributed by atoms with E-state index in [1.807, 2.05) is 0 Å². The molecule has 2 aliphatic rings. The number of nitrogens with one attached hydrogen (secondary N) is 6. The number of hydrazine groups is 2. The minimum Gasteiger partial charge on any atom is -0.325 e. The van der Waals surface area contributed by atoms with Gasteiger partial charge in [0.2, 0.25) is 11.8 Å². The molecule has 0 saturated heterocycles. The maximum absolute atomic E-state index is 12.4. The van der Waals surface area contributed by atoms with Crippen LogP contribution in [-0.4, -0.2) is 54.1 Å². The number of hydrogen-bond acceptors (Lipinski definition) is 8. The van der Waals surface area contributed by atoms with E-state index in [9.17, 15) is 27.6 Å². The number of amides is 4. The van der Waals surface area contributed by atoms with Crippen LogP contribution in [0.3, 0.4) is 0 Å². The van der Waals surface area contributed by atoms with Gasteiger partial charge in [0.05, 0.1) is 11.4 Å². The van der Waals surface area contributed by atoms with Crippen LogP contribution < -0.4 is 32.3 Å². The number of rotatable bonds is 12. The van der Waals surface area contributed by atoms with Crippen LogP contribution in [0.2, 0.25) is 0 Å². The minimum atomic E-state index is -1.19. The van der Waals surface area contributed by atoms with Crippen LogP contribution in [0.25, 0.3) is 0 Å². The lowest BCUT2D eigenvalue weighted by molar-refractivity contribution is -0.138. The standard InChI is InChI=1S/C30H40N6O6S2/c37-27(19-43(41)25-7-3-1-4-8-25)31-21-11-15-23(16-12-21)33-35-29(39)30(40)36-34-24-17-13-22(14-18-24)32-28(38)20-44(42)26-9-5-2-6-10-26/h11-18,25-26,33-34H,1-10,19-20H2,(H,31,37)(H,32,38)(H,35,39)(H,36,40). The molecule has 4 rings (SSSR count). The first-order chi connectivity index (χ1) is 21.3. The summed E-state index contributed by atoms with van der Waals surface area (Å²) in [5.74, 6) is -2.59. The fourth-order valence-corrected chi connectivity index (χ4v) is 8.04. The minimum absolute atomic E-state index is 0.0336. The number of carbonyl (C=O) groups excluding carboxylic acids is 4. The molecular weight excluding hydrogens is 605 g/mol. The lowest BCUT2D eigenvalue weighted by atomic mass is 10.0. The Bertz CT molecular complexity index is 1240. The predicted octanol–water partition coefficient (Wildman–Crippen LogP) is 3.31. The molecule has 2 aromatic carbocycles. The van der Waals surface area contributed by atoms with E-state index in [1.54, 1.807) is 48.5 Å². The molecule has 0 heterocycles. The van der Waals surface area contributed by atoms with Crippen molar-refractivity contribution in [1.82, 2.24) is 10.9 Å². The molecule has 0 aromatic heterocycles. The number of benzene rings is 2. The van der Waals surface area contributed by atoms with Gasteiger partial charge in [-0.1, -0.05) is 38.5 Å². The Morgan fingerprint density at radius 2 is 0.841 bits per heavy atom. The molecule has 2 aromatic rings. The smallest absolute Gasteiger partial charge is 0.325 e. The average molecular weight is 645 g/mol. The van der Waals surface area contributed by atoms with Gasteiger partial charge >= 0.3 is 11.8 Å². The van der Waals surface area contributed by atoms with Gasteiger partial charge in [0.25, 0.3) is 0 Å². The van der Waals surface area contributed by atoms with Crippen molar-refractivity contribution in [3.63, 3.8) is 0 Å². The molecule has 0 bridgehead atoms. The van der Waals surface area contributed by atoms with Crippen LogP contribution in [0.1, 0.15) is 64.2 Å². The first kappa shape index (κ1) is 33.1. The van der Waals surface area contributed by atoms with Gasteiger partial charge in [0.15, 0.2) is 0 Å². The fraction of sp³-hybridized carbons (Fsp3) is 0.467. The summed E-state index contributed by atoms with van der Waals surface area (Å²) >= 11 is 0. The maximum atomic E-state index is 12.4. The van der Waals surface area contributed by atoms with E-state index >= 15 is 0 Å². The van der Waals surface area contributed by atoms with Crippen molar-refractivity contribution in [2.24, 2.45) is 0 Å². The van der Waals surface area contributed by atoms with Crippen molar-refractivity contribution in [3.8, 4) is 0 Å². The predicted molar refractivity (Wildman–Crippen MR) is 173 cm³/mol. The number of anilines is 4. The Labute approximate surface area is 262 Å². The lowest BCUT2D eigenvalue weighted by Gasteiger charge is -2.20. The topological polar surface area (TPSA) is 175 Å². The van der Waals surface area contributed by atoms with Crippen molar-refractivity contribution in [2.75, 3.05) is 33.0 Å². The van der Waals surface area contributed by atoms with Crippen LogP contribution in [0.5, 0.6) is 0 Å². The molecule has 2 aliphatic carbocycles. The summed E-state index contributed by atoms with van der Waals surface area (Å²) in [7, 11) is -2.37. The van der Waals surface area contributed by atoms with Crippen LogP contribution in [0, 0.1) is 0 Å². The Morgan fingerprint density at radius 1 is 0.523 bits per heavy atom. The highest BCUT2D eigenvalue weighted by atomic mass is 32.2. The quantitative estimate of drug-likeness (QED) is 0.151. The monoisotopic (exact) mass is 644 g/mol. The van der Waals surface area contributed by atoms with E-state index in [0.29, 0.717) is 22.7 Å². The SMILES string of the molecule is O=C(CS(=O)C1CCCCC1)Nc1ccc(NNC(=O)C(=O)NNc2ccc(NC(=O)CS(=O)C3CCCCC3)cc2)cc1. The van der Waals surface area contributed by atoms with E-state index in [-0.39, 0.29) is 33.8 Å². The molecule has 2 saturated carbocycles. The highest BCUT2D eigenvalue weighted by Crippen LogP contribution is 2.23. The third kappa shape index (κ3) is 10.7. The van der Waals surface area contributed by atoms with Crippen molar-refractivity contribution < 1.29 is 27.6 Å². The number of hydrogen-bond donors (Lipinski definition) is 6. The molecule has 2 atom stereocenters. The second-order valence-corrected chi connectivity index (χ2v) is 14.4. The van der Waals surface area contributed by atoms with Gasteiger partial charge in [0, 0.05) is 43.5 Å². The lowest BCUT2D eigenvalue weighted by Crippen LogP contribution is -2.44. The van der Waals surface area contributed by atoms with Crippen LogP contribution in [0.15, 0.2) is 48.5 Å². The first-order valence-corrected chi connectivity index (χ1v) is 17.7. The van der Waals surface area contributed by atoms with Gasteiger partial charge in [-0.2, -0.15) is 0 Å². The van der Waals surface area contributed by atoms with Crippen molar-refractivity contribution in [1.29, 1.82) is 0 Å². The van der Waals surface area contributed by atoms with Gasteiger partial charge < -0.3 is 10.6 Å². The average Bonchev–Trinajstić information content (AvgIpc) is 3.04. The molecule has 0 aliphatic heterocycles. The molecule has 4 amide bonds. The molecule has 12 nitrogen and oxygen atoms in total. The van der Waals surface area contributed by atoms with Crippen LogP contribution >= 0.6 is 0 Å². The summed E-state index contributed by atoms with van der Waals surface area (Å²) in [5.41, 5.74) is 11.8. The van der Waals surface area contributed by atoms with E-state index < -0.39 is 33.4 Å². The van der Waals surface area contributed by atoms with Gasteiger partial charge in [-0.05, 0) is 74.2 Å². The largest absolute Gasteiger partial charge is 0.329 e. The molecule has 0 spiro atoms. The zero-order valence-corrected chi connectivity index (χ0v) is 26.2. The fourth-order valence-electron chi connectivity index (χ4n) is 5.19. The molecule has 6 N–H and O–H groups in total. The first-order valence-electron chi connectivity index (χ1n) is 14.9. The Kier molecular flexibility index (Phi) is 12.7. The van der Waals surface area contributed by atoms with E-state index in [1.165, 1.54) is 0 Å². The van der Waals surface area contributed by atoms with Crippen LogP contribution in [0.4, 0.5) is 22.7 Å². The van der Waals surface area contributed by atoms with Crippen molar-refractivity contribution in [3.05, 3.63) is 48.5 Å². The van der Waals surface area contributed by atoms with Gasteiger partial charge in [-0.15, -0.1) is 0 Å². The molecule has 14 heteroatoms. The van der Waals surface area contributed by atoms with E-state index in [2.05, 4.69) is 32.3 Å². The van der Waals surface area contributed by atoms with E-state index in [0.717, 1.165) is 64.2 Å². The van der Waals surface area contributed by atoms with E-state index in [4.69, 9.17) is 0 Å². The summed E-state index contributed by atoms with van der Waals surface area (Å²) < 4.78 is 24.9. The van der Waals surface area contributed by atoms with Gasteiger partial charge in [0.1, 0.15) is 11.5 Å². The second-order valence-electron chi connectivity index (χ2n) is 11.0. The zero-order valence-electron chi connectivity index (χ0n) is 24.5. The molecule has 238 valence electrons. The highest BCUT2D eigenvalue weighted by Gasteiger charge is 2.23. The Balaban J connectivity index is 1.12. The van der Waals surface area contributed by atoms with Crippen molar-refractivity contribution >= 4 is 68.0 Å². The summed E-state index contributed by atoms with van der Waals surface area (Å²) in [6, 6.07) is 12.9. The molecule has 2 fully saturated rings. The summed E-state index contributed by atoms with van der Waals surface area (Å²) in [5, 5.41) is 5.65. The number of carbonyl (C=O) groups is 4. The highest BCUT2D eigenvalue weighted by molar-refractivity contribution is 7.86. The van der Waals surface area contributed by atoms with Crippen LogP contribution in [-0.2, 0) is 40.8 Å². The van der Waals surface area contributed by atoms with Crippen molar-refractivity contribution in [2.45, 2.75) is 74.7 Å². The normalized spacial score (nSPS) is 17.0. The zero-order chi connectivity index (χ0) is 31.3. The summed E-state index contributed by atoms with van der Waals surface area (Å²) in [6.07, 6.45) is 10.2. The third-order valence-corrected chi connectivity index (χ3v) is 11.1. The molecular formula is C30H40N6O6S2. The summed E-state index contributed by atoms with van der Waals surface area (Å²) in [4.78, 5) is 48.9. The van der Waals surface area contributed by atoms with Gasteiger partial charge in [-0.25, -0.2) is 0 Å². The molecule has 44 heavy (non-hydrogen) atoms. The molecule has 0 radical (unpaired) electrons. The Morgan fingerprint density at radius 3 is 1.18 bits per heavy atom. The maximum Gasteiger partial charge on any atom is 0.329 e. The Hall–Kier alpha value is -3.78. The second kappa shape index (κ2) is 16.9. The summed E-state index contributed by atoms with van der Waals surface area (Å²) in [6.45, 7) is 0. The molecule has 2 unspecified atom stereocenters. The van der Waals surface area contributed by atoms with Gasteiger partial charge in [-0.3, -0.25) is 49.3 Å². The third-order valence-electron chi connectivity index (χ3n) is 7.58.